The molecule has 0 saturated carbocycles. The zero-order valence-electron chi connectivity index (χ0n) is 22.5. The van der Waals surface area contributed by atoms with Crippen molar-refractivity contribution in [2.75, 3.05) is 0 Å². The van der Waals surface area contributed by atoms with E-state index in [4.69, 9.17) is 11.1 Å². The number of fused-ring (bicyclic) bond motifs is 3. The van der Waals surface area contributed by atoms with E-state index < -0.39 is 15.5 Å². The van der Waals surface area contributed by atoms with Crippen molar-refractivity contribution < 1.29 is 0 Å². The van der Waals surface area contributed by atoms with Crippen molar-refractivity contribution >= 4 is 55.1 Å². The van der Waals surface area contributed by atoms with Crippen LogP contribution in [0.25, 0.3) is 18.2 Å². The highest BCUT2D eigenvalue weighted by Crippen LogP contribution is 2.38. The van der Waals surface area contributed by atoms with Crippen LogP contribution in [0.1, 0.15) is 52.8 Å². The zero-order chi connectivity index (χ0) is 25.7. The van der Waals surface area contributed by atoms with Gasteiger partial charge in [-0.1, -0.05) is 127 Å². The minimum absolute atomic E-state index is 0.594. The van der Waals surface area contributed by atoms with Gasteiger partial charge in [-0.05, 0) is 65.3 Å². The van der Waals surface area contributed by atoms with Gasteiger partial charge in [0, 0.05) is 5.54 Å². The summed E-state index contributed by atoms with van der Waals surface area (Å²) in [7, 11) is -3.29. The maximum Gasteiger partial charge on any atom is 0.181 e. The first-order chi connectivity index (χ1) is 17.1. The van der Waals surface area contributed by atoms with Crippen LogP contribution in [0.4, 0.5) is 0 Å². The van der Waals surface area contributed by atoms with E-state index >= 15 is 0 Å². The summed E-state index contributed by atoms with van der Waals surface area (Å²) in [4.78, 5) is 0. The summed E-state index contributed by atoms with van der Waals surface area (Å²) < 4.78 is 0. The topological polar surface area (TPSA) is 0 Å². The highest BCUT2D eigenvalue weighted by molar-refractivity contribution is 7.26. The summed E-state index contributed by atoms with van der Waals surface area (Å²) in [5.74, 6) is 0. The van der Waals surface area contributed by atoms with Gasteiger partial charge in [0.25, 0.3) is 0 Å². The normalized spacial score (nSPS) is 17.6. The summed E-state index contributed by atoms with van der Waals surface area (Å²) in [5.41, 5.74) is 12.4. The first-order valence-corrected chi connectivity index (χ1v) is 20.2. The Labute approximate surface area is 224 Å². The third kappa shape index (κ3) is 4.67. The van der Waals surface area contributed by atoms with Crippen molar-refractivity contribution in [1.29, 1.82) is 0 Å². The van der Waals surface area contributed by atoms with Crippen LogP contribution in [-0.4, -0.2) is 15.5 Å². The Morgan fingerprint density at radius 1 is 0.667 bits per heavy atom. The van der Waals surface area contributed by atoms with Gasteiger partial charge in [0.1, 0.15) is 0 Å². The fourth-order valence-corrected chi connectivity index (χ4v) is 11.7. The lowest BCUT2D eigenvalue weighted by atomic mass is 10.1. The van der Waals surface area contributed by atoms with Crippen LogP contribution in [0.3, 0.4) is 0 Å². The second-order valence-corrected chi connectivity index (χ2v) is 22.7. The third-order valence-corrected chi connectivity index (χ3v) is 14.3. The molecular weight excluding hydrogens is 488 g/mol. The molecule has 0 fully saturated rings. The Morgan fingerprint density at radius 3 is 1.81 bits per heavy atom. The summed E-state index contributed by atoms with van der Waals surface area (Å²) >= 11 is 6.51. The molecule has 1 atom stereocenters. The van der Waals surface area contributed by atoms with Crippen molar-refractivity contribution in [1.82, 2.24) is 0 Å². The molecule has 3 aliphatic carbocycles. The molecule has 0 radical (unpaired) electrons. The molecule has 36 heavy (non-hydrogen) atoms. The maximum absolute atomic E-state index is 6.51. The predicted molar refractivity (Wildman–Crippen MR) is 166 cm³/mol. The molecule has 184 valence electrons. The SMILES string of the molecule is CC1=Cc2cccc([Si](C)(C)C3C=Cc4ccccc43)c2C1.CC1=Cc2cccc([Si](C)(C)Cl)c2C1. The van der Waals surface area contributed by atoms with Gasteiger partial charge in [0.2, 0.25) is 0 Å². The zero-order valence-corrected chi connectivity index (χ0v) is 25.2. The standard InChI is InChI=1S/C21H22Si.C12H15ClSi/c1-15-13-17-8-6-10-20(19(17)14-15)22(2,3)21-12-11-16-7-4-5-9-18(16)21;1-9-7-10-5-4-6-12(11(10)8-9)14(2,3)13/h4-13,21H,14H2,1-3H3;4-7H,8H2,1-3H3. The van der Waals surface area contributed by atoms with Gasteiger partial charge in [-0.3, -0.25) is 0 Å². The second-order valence-electron chi connectivity index (χ2n) is 11.7. The van der Waals surface area contributed by atoms with Gasteiger partial charge in [-0.2, -0.15) is 11.1 Å². The van der Waals surface area contributed by atoms with Gasteiger partial charge in [0.15, 0.2) is 7.38 Å². The van der Waals surface area contributed by atoms with E-state index in [1.165, 1.54) is 44.2 Å². The fraction of sp³-hybridized carbons (Fsp3) is 0.273. The van der Waals surface area contributed by atoms with E-state index in [1.807, 2.05) is 0 Å². The quantitative estimate of drug-likeness (QED) is 0.239. The van der Waals surface area contributed by atoms with E-state index in [2.05, 4.69) is 125 Å². The van der Waals surface area contributed by atoms with Crippen molar-refractivity contribution in [3.05, 3.63) is 111 Å². The van der Waals surface area contributed by atoms with Crippen LogP contribution in [0.15, 0.2) is 77.9 Å². The molecule has 3 heteroatoms. The number of hydrogen-bond donors (Lipinski definition) is 0. The largest absolute Gasteiger partial charge is 0.181 e. The molecule has 3 aromatic carbocycles. The molecule has 0 aromatic heterocycles. The van der Waals surface area contributed by atoms with Gasteiger partial charge in [-0.15, -0.1) is 0 Å². The van der Waals surface area contributed by atoms with E-state index in [0.717, 1.165) is 12.8 Å². The number of rotatable bonds is 3. The van der Waals surface area contributed by atoms with Crippen molar-refractivity contribution in [3.63, 3.8) is 0 Å². The second kappa shape index (κ2) is 9.48. The minimum Gasteiger partial charge on any atom is -0.162 e. The van der Waals surface area contributed by atoms with Crippen LogP contribution in [0.2, 0.25) is 26.2 Å². The molecule has 1 unspecified atom stereocenters. The molecule has 0 heterocycles. The molecule has 0 nitrogen and oxygen atoms in total. The highest BCUT2D eigenvalue weighted by Gasteiger charge is 2.38. The predicted octanol–water partition coefficient (Wildman–Crippen LogP) is 8.21. The van der Waals surface area contributed by atoms with E-state index in [-0.39, 0.29) is 0 Å². The summed E-state index contributed by atoms with van der Waals surface area (Å²) in [6.45, 7) is 13.9. The molecular formula is C33H37ClSi2. The highest BCUT2D eigenvalue weighted by atomic mass is 35.6. The molecule has 0 N–H and O–H groups in total. The molecule has 3 aromatic rings. The summed E-state index contributed by atoms with van der Waals surface area (Å²) in [6.07, 6.45) is 11.6. The molecule has 0 saturated heterocycles. The lowest BCUT2D eigenvalue weighted by Gasteiger charge is -2.32. The van der Waals surface area contributed by atoms with Crippen LogP contribution in [0, 0.1) is 0 Å². The first kappa shape index (κ1) is 25.3. The van der Waals surface area contributed by atoms with E-state index in [0.29, 0.717) is 5.54 Å². The van der Waals surface area contributed by atoms with Gasteiger partial charge < -0.3 is 0 Å². The first-order valence-electron chi connectivity index (χ1n) is 13.1. The monoisotopic (exact) mass is 524 g/mol. The Kier molecular flexibility index (Phi) is 6.65. The number of allylic oxidation sites excluding steroid dienone is 3. The van der Waals surface area contributed by atoms with Crippen LogP contribution >= 0.6 is 11.1 Å². The molecule has 0 amide bonds. The van der Waals surface area contributed by atoms with Crippen LogP contribution in [-0.2, 0) is 12.8 Å². The third-order valence-electron chi connectivity index (χ3n) is 8.05. The Bertz CT molecular complexity index is 1420. The van der Waals surface area contributed by atoms with Gasteiger partial charge in [0.05, 0.1) is 8.07 Å². The Hall–Kier alpha value is -2.40. The Balaban J connectivity index is 0.000000165. The maximum atomic E-state index is 6.51. The lowest BCUT2D eigenvalue weighted by Crippen LogP contribution is -2.48. The number of halogens is 1. The Morgan fingerprint density at radius 2 is 1.19 bits per heavy atom. The lowest BCUT2D eigenvalue weighted by molar-refractivity contribution is 1.16. The number of benzene rings is 3. The number of hydrogen-bond acceptors (Lipinski definition) is 0. The summed E-state index contributed by atoms with van der Waals surface area (Å²) in [5, 5.41) is 3.05. The van der Waals surface area contributed by atoms with Crippen molar-refractivity contribution in [2.45, 2.75) is 58.4 Å². The molecule has 6 rings (SSSR count). The smallest absolute Gasteiger partial charge is 0.162 e. The van der Waals surface area contributed by atoms with E-state index in [1.54, 1.807) is 10.8 Å². The van der Waals surface area contributed by atoms with Crippen LogP contribution in [0.5, 0.6) is 0 Å². The molecule has 0 spiro atoms. The van der Waals surface area contributed by atoms with Gasteiger partial charge in [-0.25, -0.2) is 0 Å². The van der Waals surface area contributed by atoms with Crippen LogP contribution < -0.4 is 10.4 Å². The summed E-state index contributed by atoms with van der Waals surface area (Å²) in [6, 6.07) is 22.3. The molecule has 0 bridgehead atoms. The van der Waals surface area contributed by atoms with E-state index in [9.17, 15) is 0 Å². The van der Waals surface area contributed by atoms with Crippen molar-refractivity contribution in [3.8, 4) is 0 Å². The van der Waals surface area contributed by atoms with Crippen molar-refractivity contribution in [2.24, 2.45) is 0 Å². The minimum atomic E-state index is -1.68. The molecule has 0 aliphatic heterocycles. The van der Waals surface area contributed by atoms with Gasteiger partial charge >= 0.3 is 0 Å². The fourth-order valence-electron chi connectivity index (χ4n) is 6.27. The molecule has 3 aliphatic rings. The average Bonchev–Trinajstić information content (AvgIpc) is 3.52. The average molecular weight is 525 g/mol.